The van der Waals surface area contributed by atoms with Gasteiger partial charge in [0.15, 0.2) is 9.84 Å². The second-order valence-corrected chi connectivity index (χ2v) is 8.96. The molecule has 144 valence electrons. The number of nitro benzene ring substituents is 1. The maximum Gasteiger partial charge on any atom is 0.288 e. The van der Waals surface area contributed by atoms with Gasteiger partial charge in [0.2, 0.25) is 0 Å². The summed E-state index contributed by atoms with van der Waals surface area (Å²) in [4.78, 5) is 12.5. The van der Waals surface area contributed by atoms with Crippen LogP contribution in [0.4, 0.5) is 17.1 Å². The monoisotopic (exact) mass is 389 g/mol. The molecule has 0 aliphatic carbocycles. The molecule has 1 heterocycles. The van der Waals surface area contributed by atoms with Crippen molar-refractivity contribution < 1.29 is 13.3 Å². The molecule has 0 aromatic heterocycles. The van der Waals surface area contributed by atoms with Crippen molar-refractivity contribution in [2.75, 3.05) is 29.6 Å². The topological polar surface area (TPSA) is 92.5 Å². The zero-order valence-corrected chi connectivity index (χ0v) is 16.2. The van der Waals surface area contributed by atoms with Crippen LogP contribution in [0.2, 0.25) is 0 Å². The van der Waals surface area contributed by atoms with Crippen molar-refractivity contribution in [3.05, 3.63) is 58.1 Å². The van der Waals surface area contributed by atoms with Crippen LogP contribution in [0.5, 0.6) is 0 Å². The fourth-order valence-electron chi connectivity index (χ4n) is 3.37. The summed E-state index contributed by atoms with van der Waals surface area (Å²) in [7, 11) is -3.69. The highest BCUT2D eigenvalue weighted by atomic mass is 32.2. The largest absolute Gasteiger partial charge is 0.380 e. The lowest BCUT2D eigenvalue weighted by Gasteiger charge is -2.35. The first-order valence-electron chi connectivity index (χ1n) is 8.81. The summed E-state index contributed by atoms with van der Waals surface area (Å²) in [5.41, 5.74) is 2.56. The molecule has 27 heavy (non-hydrogen) atoms. The Bertz CT molecular complexity index is 942. The van der Waals surface area contributed by atoms with Crippen LogP contribution in [0, 0.1) is 17.0 Å². The molecule has 1 fully saturated rings. The summed E-state index contributed by atoms with van der Waals surface area (Å²) in [6.07, 6.45) is 2.95. The minimum absolute atomic E-state index is 0.133. The number of hydrogen-bond acceptors (Lipinski definition) is 6. The van der Waals surface area contributed by atoms with Crippen LogP contribution in [0.15, 0.2) is 47.4 Å². The normalized spacial score (nSPS) is 17.6. The summed E-state index contributed by atoms with van der Waals surface area (Å²) in [5, 5.41) is 14.4. The Morgan fingerprint density at radius 3 is 2.52 bits per heavy atom. The molecule has 1 N–H and O–H groups in total. The minimum atomic E-state index is -3.69. The molecule has 7 nitrogen and oxygen atoms in total. The van der Waals surface area contributed by atoms with E-state index in [0.29, 0.717) is 5.69 Å². The molecule has 0 spiro atoms. The van der Waals surface area contributed by atoms with E-state index in [4.69, 9.17) is 0 Å². The molecule has 1 atom stereocenters. The molecule has 1 unspecified atom stereocenters. The van der Waals surface area contributed by atoms with Crippen LogP contribution >= 0.6 is 0 Å². The molecule has 0 radical (unpaired) electrons. The van der Waals surface area contributed by atoms with Crippen LogP contribution in [0.1, 0.15) is 18.4 Å². The number of nitrogens with zero attached hydrogens (tertiary/aromatic N) is 2. The smallest absolute Gasteiger partial charge is 0.288 e. The van der Waals surface area contributed by atoms with E-state index in [1.807, 2.05) is 0 Å². The maximum atomic E-state index is 11.9. The summed E-state index contributed by atoms with van der Waals surface area (Å²) >= 11 is 0. The third kappa shape index (κ3) is 4.57. The van der Waals surface area contributed by atoms with E-state index in [1.54, 1.807) is 6.07 Å². The van der Waals surface area contributed by atoms with Gasteiger partial charge in [-0.05, 0) is 44.0 Å². The second kappa shape index (κ2) is 7.56. The predicted octanol–water partition coefficient (Wildman–Crippen LogP) is 3.39. The lowest BCUT2D eigenvalue weighted by molar-refractivity contribution is -0.387. The Balaban J connectivity index is 1.78. The highest BCUT2D eigenvalue weighted by Crippen LogP contribution is 2.28. The van der Waals surface area contributed by atoms with E-state index >= 15 is 0 Å². The molecule has 0 bridgehead atoms. The Morgan fingerprint density at radius 1 is 1.19 bits per heavy atom. The SMILES string of the molecule is Cc1ccc(N2CCCC(Nc3ccc([N+](=O)[O-])c(S(C)(=O)=O)c3)C2)cc1. The molecular weight excluding hydrogens is 366 g/mol. The molecule has 0 amide bonds. The van der Waals surface area contributed by atoms with Gasteiger partial charge in [-0.1, -0.05) is 17.7 Å². The standard InChI is InChI=1S/C19H23N3O4S/c1-14-5-8-17(9-6-14)21-11-3-4-16(13-21)20-15-7-10-18(22(23)24)19(12-15)27(2,25)26/h5-10,12,16,20H,3-4,11,13H2,1-2H3. The Labute approximate surface area is 159 Å². The van der Waals surface area contributed by atoms with Crippen LogP contribution in [-0.2, 0) is 9.84 Å². The number of aryl methyl sites for hydroxylation is 1. The van der Waals surface area contributed by atoms with Crippen molar-refractivity contribution in [2.24, 2.45) is 0 Å². The maximum absolute atomic E-state index is 11.9. The Hall–Kier alpha value is -2.61. The number of anilines is 2. The molecule has 1 aliphatic heterocycles. The molecule has 2 aromatic rings. The van der Waals surface area contributed by atoms with Gasteiger partial charge in [-0.25, -0.2) is 8.42 Å². The van der Waals surface area contributed by atoms with Crippen molar-refractivity contribution in [3.63, 3.8) is 0 Å². The van der Waals surface area contributed by atoms with Crippen molar-refractivity contribution >= 4 is 26.9 Å². The van der Waals surface area contributed by atoms with E-state index < -0.39 is 20.4 Å². The van der Waals surface area contributed by atoms with Gasteiger partial charge in [0.05, 0.1) is 4.92 Å². The fraction of sp³-hybridized carbons (Fsp3) is 0.368. The van der Waals surface area contributed by atoms with E-state index in [9.17, 15) is 18.5 Å². The number of hydrogen-bond donors (Lipinski definition) is 1. The van der Waals surface area contributed by atoms with Crippen LogP contribution in [0.25, 0.3) is 0 Å². The third-order valence-electron chi connectivity index (χ3n) is 4.75. The van der Waals surface area contributed by atoms with Gasteiger partial charge >= 0.3 is 0 Å². The number of rotatable bonds is 5. The van der Waals surface area contributed by atoms with Gasteiger partial charge in [0.1, 0.15) is 4.90 Å². The highest BCUT2D eigenvalue weighted by molar-refractivity contribution is 7.90. The molecular formula is C19H23N3O4S. The first kappa shape index (κ1) is 19.2. The summed E-state index contributed by atoms with van der Waals surface area (Å²) in [6, 6.07) is 12.7. The zero-order chi connectivity index (χ0) is 19.6. The van der Waals surface area contributed by atoms with Crippen LogP contribution in [0.3, 0.4) is 0 Å². The molecule has 3 rings (SSSR count). The second-order valence-electron chi connectivity index (χ2n) is 6.98. The molecule has 1 saturated heterocycles. The van der Waals surface area contributed by atoms with Crippen molar-refractivity contribution in [1.29, 1.82) is 0 Å². The summed E-state index contributed by atoms with van der Waals surface area (Å²) in [5.74, 6) is 0. The van der Waals surface area contributed by atoms with E-state index in [0.717, 1.165) is 37.9 Å². The fourth-order valence-corrected chi connectivity index (χ4v) is 4.24. The quantitative estimate of drug-likeness (QED) is 0.622. The first-order chi connectivity index (χ1) is 12.7. The van der Waals surface area contributed by atoms with Gasteiger partial charge in [-0.2, -0.15) is 0 Å². The highest BCUT2D eigenvalue weighted by Gasteiger charge is 2.24. The van der Waals surface area contributed by atoms with Crippen LogP contribution in [-0.4, -0.2) is 38.7 Å². The molecule has 8 heteroatoms. The summed E-state index contributed by atoms with van der Waals surface area (Å²) in [6.45, 7) is 3.81. The van der Waals surface area contributed by atoms with Crippen molar-refractivity contribution in [1.82, 2.24) is 0 Å². The van der Waals surface area contributed by atoms with Gasteiger partial charge < -0.3 is 10.2 Å². The van der Waals surface area contributed by atoms with Gasteiger partial charge in [0, 0.05) is 42.8 Å². The van der Waals surface area contributed by atoms with Crippen molar-refractivity contribution in [3.8, 4) is 0 Å². The van der Waals surface area contributed by atoms with E-state index in [-0.39, 0.29) is 10.9 Å². The number of nitrogens with one attached hydrogen (secondary N) is 1. The Kier molecular flexibility index (Phi) is 5.36. The molecule has 0 saturated carbocycles. The average molecular weight is 389 g/mol. The van der Waals surface area contributed by atoms with Gasteiger partial charge in [-0.3, -0.25) is 10.1 Å². The lowest BCUT2D eigenvalue weighted by Crippen LogP contribution is -2.42. The average Bonchev–Trinajstić information content (AvgIpc) is 2.61. The zero-order valence-electron chi connectivity index (χ0n) is 15.4. The Morgan fingerprint density at radius 2 is 1.89 bits per heavy atom. The first-order valence-corrected chi connectivity index (χ1v) is 10.7. The van der Waals surface area contributed by atoms with E-state index in [1.165, 1.54) is 17.7 Å². The third-order valence-corrected chi connectivity index (χ3v) is 5.87. The van der Waals surface area contributed by atoms with Crippen molar-refractivity contribution in [2.45, 2.75) is 30.7 Å². The number of piperidine rings is 1. The summed E-state index contributed by atoms with van der Waals surface area (Å²) < 4.78 is 23.9. The lowest BCUT2D eigenvalue weighted by atomic mass is 10.0. The van der Waals surface area contributed by atoms with E-state index in [2.05, 4.69) is 41.4 Å². The van der Waals surface area contributed by atoms with Crippen LogP contribution < -0.4 is 10.2 Å². The minimum Gasteiger partial charge on any atom is -0.380 e. The molecule has 2 aromatic carbocycles. The van der Waals surface area contributed by atoms with Gasteiger partial charge in [0.25, 0.3) is 5.69 Å². The number of sulfone groups is 1. The number of nitro groups is 1. The van der Waals surface area contributed by atoms with Gasteiger partial charge in [-0.15, -0.1) is 0 Å². The number of benzene rings is 2. The predicted molar refractivity (Wildman–Crippen MR) is 106 cm³/mol. The molecule has 1 aliphatic rings.